The normalized spacial score (nSPS) is 11.0. The lowest BCUT2D eigenvalue weighted by Gasteiger charge is -2.11. The van der Waals surface area contributed by atoms with Crippen molar-refractivity contribution in [1.82, 2.24) is 20.4 Å². The van der Waals surface area contributed by atoms with Gasteiger partial charge in [-0.25, -0.2) is 0 Å². The summed E-state index contributed by atoms with van der Waals surface area (Å²) in [6, 6.07) is 0. The van der Waals surface area contributed by atoms with Gasteiger partial charge in [-0.3, -0.25) is 9.59 Å². The summed E-state index contributed by atoms with van der Waals surface area (Å²) >= 11 is 0. The van der Waals surface area contributed by atoms with E-state index in [1.807, 2.05) is 28.2 Å². The van der Waals surface area contributed by atoms with Crippen LogP contribution in [-0.4, -0.2) is 102 Å². The van der Waals surface area contributed by atoms with E-state index in [9.17, 15) is 9.59 Å². The minimum absolute atomic E-state index is 0.0154. The molecular formula is C14H30N4O4. The average Bonchev–Trinajstić information content (AvgIpc) is 2.39. The fourth-order valence-corrected chi connectivity index (χ4v) is 1.53. The monoisotopic (exact) mass is 318 g/mol. The van der Waals surface area contributed by atoms with E-state index in [4.69, 9.17) is 9.47 Å². The highest BCUT2D eigenvalue weighted by molar-refractivity contribution is 5.78. The Bertz CT molecular complexity index is 281. The first kappa shape index (κ1) is 20.8. The van der Waals surface area contributed by atoms with Crippen LogP contribution in [0.15, 0.2) is 0 Å². The molecule has 0 aromatic heterocycles. The van der Waals surface area contributed by atoms with Crippen molar-refractivity contribution in [2.24, 2.45) is 0 Å². The number of likely N-dealkylation sites (N-methyl/N-ethyl adjacent to an activating group) is 2. The standard InChI is InChI=1S/C14H30N4O4/c1-17(2)11-13(19)15-5-7-21-9-10-22-8-6-16-14(20)12-18(3)4/h5-12H2,1-4H3,(H,15,19)(H,16,20). The van der Waals surface area contributed by atoms with Gasteiger partial charge in [0.2, 0.25) is 11.8 Å². The molecule has 0 spiro atoms. The van der Waals surface area contributed by atoms with Gasteiger partial charge in [0.05, 0.1) is 39.5 Å². The van der Waals surface area contributed by atoms with E-state index < -0.39 is 0 Å². The lowest BCUT2D eigenvalue weighted by atomic mass is 10.5. The van der Waals surface area contributed by atoms with Crippen LogP contribution in [-0.2, 0) is 19.1 Å². The average molecular weight is 318 g/mol. The summed E-state index contributed by atoms with van der Waals surface area (Å²) in [6.45, 7) is 3.60. The molecule has 2 N–H and O–H groups in total. The molecule has 2 amide bonds. The fourth-order valence-electron chi connectivity index (χ4n) is 1.53. The highest BCUT2D eigenvalue weighted by Gasteiger charge is 2.02. The van der Waals surface area contributed by atoms with Gasteiger partial charge in [0.15, 0.2) is 0 Å². The van der Waals surface area contributed by atoms with Crippen LogP contribution in [0.2, 0.25) is 0 Å². The Morgan fingerprint density at radius 1 is 0.727 bits per heavy atom. The molecule has 0 aliphatic carbocycles. The molecule has 22 heavy (non-hydrogen) atoms. The fraction of sp³-hybridized carbons (Fsp3) is 0.857. The van der Waals surface area contributed by atoms with Crippen LogP contribution in [0.3, 0.4) is 0 Å². The van der Waals surface area contributed by atoms with Gasteiger partial charge in [-0.05, 0) is 28.2 Å². The maximum absolute atomic E-state index is 11.3. The van der Waals surface area contributed by atoms with Crippen LogP contribution in [0.5, 0.6) is 0 Å². The van der Waals surface area contributed by atoms with E-state index in [1.165, 1.54) is 0 Å². The number of amides is 2. The number of carbonyl (C=O) groups excluding carboxylic acids is 2. The molecule has 0 unspecified atom stereocenters. The first-order chi connectivity index (χ1) is 10.4. The van der Waals surface area contributed by atoms with Gasteiger partial charge in [-0.15, -0.1) is 0 Å². The summed E-state index contributed by atoms with van der Waals surface area (Å²) in [5.41, 5.74) is 0. The zero-order chi connectivity index (χ0) is 16.8. The molecule has 0 aliphatic heterocycles. The van der Waals surface area contributed by atoms with Crippen molar-refractivity contribution < 1.29 is 19.1 Å². The smallest absolute Gasteiger partial charge is 0.234 e. The zero-order valence-electron chi connectivity index (χ0n) is 14.2. The highest BCUT2D eigenvalue weighted by Crippen LogP contribution is 1.80. The first-order valence-corrected chi connectivity index (χ1v) is 7.40. The summed E-state index contributed by atoms with van der Waals surface area (Å²) < 4.78 is 10.6. The van der Waals surface area contributed by atoms with Gasteiger partial charge >= 0.3 is 0 Å². The van der Waals surface area contributed by atoms with Crippen molar-refractivity contribution in [2.45, 2.75) is 0 Å². The predicted octanol–water partition coefficient (Wildman–Crippen LogP) is -1.62. The minimum atomic E-state index is -0.0154. The van der Waals surface area contributed by atoms with E-state index in [-0.39, 0.29) is 11.8 Å². The third-order valence-electron chi connectivity index (χ3n) is 2.43. The first-order valence-electron chi connectivity index (χ1n) is 7.40. The van der Waals surface area contributed by atoms with Crippen molar-refractivity contribution in [3.05, 3.63) is 0 Å². The van der Waals surface area contributed by atoms with Crippen LogP contribution < -0.4 is 10.6 Å². The SMILES string of the molecule is CN(C)CC(=O)NCCOCCOCCNC(=O)CN(C)C. The Morgan fingerprint density at radius 3 is 1.41 bits per heavy atom. The molecule has 0 radical (unpaired) electrons. The maximum Gasteiger partial charge on any atom is 0.234 e. The van der Waals surface area contributed by atoms with Gasteiger partial charge in [-0.1, -0.05) is 0 Å². The maximum atomic E-state index is 11.3. The topological polar surface area (TPSA) is 83.1 Å². The van der Waals surface area contributed by atoms with Gasteiger partial charge in [0.1, 0.15) is 0 Å². The molecule has 0 atom stereocenters. The van der Waals surface area contributed by atoms with Gasteiger partial charge in [0.25, 0.3) is 0 Å². The molecule has 0 heterocycles. The van der Waals surface area contributed by atoms with Crippen LogP contribution in [0.25, 0.3) is 0 Å². The molecule has 0 fully saturated rings. The minimum Gasteiger partial charge on any atom is -0.377 e. The Hall–Kier alpha value is -1.22. The number of nitrogens with zero attached hydrogens (tertiary/aromatic N) is 2. The molecule has 0 saturated carbocycles. The van der Waals surface area contributed by atoms with E-state index in [0.29, 0.717) is 52.6 Å². The summed E-state index contributed by atoms with van der Waals surface area (Å²) in [6.07, 6.45) is 0. The lowest BCUT2D eigenvalue weighted by Crippen LogP contribution is -2.35. The highest BCUT2D eigenvalue weighted by atomic mass is 16.5. The molecule has 8 nitrogen and oxygen atoms in total. The predicted molar refractivity (Wildman–Crippen MR) is 84.8 cm³/mol. The Kier molecular flexibility index (Phi) is 12.7. The molecule has 130 valence electrons. The van der Waals surface area contributed by atoms with Gasteiger partial charge in [-0.2, -0.15) is 0 Å². The van der Waals surface area contributed by atoms with Crippen LogP contribution in [0, 0.1) is 0 Å². The number of hydrogen-bond acceptors (Lipinski definition) is 6. The second kappa shape index (κ2) is 13.4. The molecule has 8 heteroatoms. The van der Waals surface area contributed by atoms with Gasteiger partial charge in [0, 0.05) is 13.1 Å². The van der Waals surface area contributed by atoms with E-state index in [0.717, 1.165) is 0 Å². The molecule has 0 aromatic carbocycles. The Balaban J connectivity index is 3.24. The second-order valence-electron chi connectivity index (χ2n) is 5.40. The van der Waals surface area contributed by atoms with Crippen molar-refractivity contribution in [3.63, 3.8) is 0 Å². The Labute approximate surface area is 133 Å². The quantitative estimate of drug-likeness (QED) is 0.397. The van der Waals surface area contributed by atoms with Crippen LogP contribution >= 0.6 is 0 Å². The molecule has 0 bridgehead atoms. The third kappa shape index (κ3) is 15.2. The number of ether oxygens (including phenoxy) is 2. The summed E-state index contributed by atoms with van der Waals surface area (Å²) in [5.74, 6) is -0.0309. The van der Waals surface area contributed by atoms with Crippen LogP contribution in [0.4, 0.5) is 0 Å². The van der Waals surface area contributed by atoms with Crippen molar-refractivity contribution >= 4 is 11.8 Å². The molecular weight excluding hydrogens is 288 g/mol. The summed E-state index contributed by atoms with van der Waals surface area (Å²) in [4.78, 5) is 26.2. The third-order valence-corrected chi connectivity index (χ3v) is 2.43. The lowest BCUT2D eigenvalue weighted by molar-refractivity contribution is -0.122. The summed E-state index contributed by atoms with van der Waals surface area (Å²) in [5, 5.41) is 5.51. The number of nitrogens with one attached hydrogen (secondary N) is 2. The van der Waals surface area contributed by atoms with Crippen LogP contribution in [0.1, 0.15) is 0 Å². The molecule has 0 rings (SSSR count). The number of rotatable bonds is 13. The number of carbonyl (C=O) groups is 2. The van der Waals surface area contributed by atoms with Gasteiger partial charge < -0.3 is 29.9 Å². The second-order valence-corrected chi connectivity index (χ2v) is 5.40. The zero-order valence-corrected chi connectivity index (χ0v) is 14.2. The Morgan fingerprint density at radius 2 is 1.09 bits per heavy atom. The molecule has 0 aromatic rings. The van der Waals surface area contributed by atoms with Crippen molar-refractivity contribution in [3.8, 4) is 0 Å². The van der Waals surface area contributed by atoms with E-state index in [2.05, 4.69) is 10.6 Å². The molecule has 0 aliphatic rings. The van der Waals surface area contributed by atoms with E-state index >= 15 is 0 Å². The number of hydrogen-bond donors (Lipinski definition) is 2. The van der Waals surface area contributed by atoms with Crippen molar-refractivity contribution in [1.29, 1.82) is 0 Å². The summed E-state index contributed by atoms with van der Waals surface area (Å²) in [7, 11) is 7.37. The molecule has 0 saturated heterocycles. The van der Waals surface area contributed by atoms with Crippen molar-refractivity contribution in [2.75, 3.05) is 80.8 Å². The van der Waals surface area contributed by atoms with E-state index in [1.54, 1.807) is 9.80 Å². The largest absolute Gasteiger partial charge is 0.377 e.